The molecule has 2 aliphatic carbocycles. The highest BCUT2D eigenvalue weighted by Crippen LogP contribution is 2.49. The van der Waals surface area contributed by atoms with Crippen molar-refractivity contribution in [2.75, 3.05) is 4.90 Å². The average molecular weight is 795 g/mol. The highest BCUT2D eigenvalue weighted by Gasteiger charge is 2.31. The lowest BCUT2D eigenvalue weighted by Crippen LogP contribution is -2.30. The molecule has 0 spiro atoms. The van der Waals surface area contributed by atoms with Crippen molar-refractivity contribution in [1.29, 1.82) is 0 Å². The first kappa shape index (κ1) is 34.4. The topological polar surface area (TPSA) is 8.17 Å². The third-order valence-electron chi connectivity index (χ3n) is 13.1. The van der Waals surface area contributed by atoms with Crippen molar-refractivity contribution < 1.29 is 0 Å². The molecule has 286 valence electrons. The summed E-state index contributed by atoms with van der Waals surface area (Å²) < 4.78 is 5.05. The van der Waals surface area contributed by atoms with Gasteiger partial charge in [0, 0.05) is 48.0 Å². The number of thiophene rings is 1. The van der Waals surface area contributed by atoms with Crippen LogP contribution in [0.25, 0.3) is 91.8 Å². The smallest absolute Gasteiger partial charge is 0.0566 e. The van der Waals surface area contributed by atoms with Crippen LogP contribution in [0.2, 0.25) is 0 Å². The van der Waals surface area contributed by atoms with Crippen LogP contribution >= 0.6 is 11.3 Å². The molecule has 2 heterocycles. The van der Waals surface area contributed by atoms with Crippen molar-refractivity contribution in [1.82, 2.24) is 4.57 Å². The van der Waals surface area contributed by atoms with E-state index >= 15 is 0 Å². The summed E-state index contributed by atoms with van der Waals surface area (Å²) in [5, 5.41) is 7.89. The second-order valence-electron chi connectivity index (χ2n) is 16.4. The van der Waals surface area contributed by atoms with E-state index in [2.05, 4.69) is 222 Å². The molecule has 2 aromatic heterocycles. The van der Waals surface area contributed by atoms with Gasteiger partial charge in [-0.1, -0.05) is 158 Å². The van der Waals surface area contributed by atoms with Gasteiger partial charge >= 0.3 is 0 Å². The fraction of sp³-hybridized carbons (Fsp3) is 0.0345. The number of para-hydroxylation sites is 2. The molecule has 2 nitrogen and oxygen atoms in total. The van der Waals surface area contributed by atoms with E-state index in [-0.39, 0.29) is 6.04 Å². The second-order valence-corrected chi connectivity index (χ2v) is 17.5. The van der Waals surface area contributed by atoms with Crippen LogP contribution in [0.15, 0.2) is 212 Å². The summed E-state index contributed by atoms with van der Waals surface area (Å²) in [4.78, 5) is 2.57. The van der Waals surface area contributed by atoms with Crippen LogP contribution in [-0.2, 0) is 0 Å². The van der Waals surface area contributed by atoms with Gasteiger partial charge in [0.25, 0.3) is 0 Å². The quantitative estimate of drug-likeness (QED) is 0.163. The zero-order chi connectivity index (χ0) is 40.0. The number of aromatic nitrogens is 1. The van der Waals surface area contributed by atoms with Crippen LogP contribution in [0, 0.1) is 0 Å². The normalized spacial score (nSPS) is 14.5. The summed E-state index contributed by atoms with van der Waals surface area (Å²) in [7, 11) is 0. The molecule has 13 rings (SSSR count). The minimum atomic E-state index is 0.131. The van der Waals surface area contributed by atoms with E-state index in [0.717, 1.165) is 12.1 Å². The van der Waals surface area contributed by atoms with Crippen LogP contribution in [0.4, 0.5) is 11.4 Å². The number of anilines is 2. The van der Waals surface area contributed by atoms with E-state index in [9.17, 15) is 0 Å². The molecule has 0 saturated heterocycles. The molecule has 1 unspecified atom stereocenters. The van der Waals surface area contributed by atoms with Crippen molar-refractivity contribution >= 4 is 86.6 Å². The predicted octanol–water partition coefficient (Wildman–Crippen LogP) is 16.0. The Morgan fingerprint density at radius 3 is 1.90 bits per heavy atom. The number of fused-ring (bicyclic) bond motifs is 8. The fourth-order valence-electron chi connectivity index (χ4n) is 10.4. The summed E-state index contributed by atoms with van der Waals surface area (Å²) in [6, 6.07) is 74.2. The first-order valence-electron chi connectivity index (χ1n) is 21.2. The highest BCUT2D eigenvalue weighted by molar-refractivity contribution is 7.25. The van der Waals surface area contributed by atoms with E-state index in [1.165, 1.54) is 109 Å². The van der Waals surface area contributed by atoms with Gasteiger partial charge in [-0.05, 0) is 116 Å². The Labute approximate surface area is 358 Å². The van der Waals surface area contributed by atoms with Gasteiger partial charge in [-0.2, -0.15) is 0 Å². The van der Waals surface area contributed by atoms with Crippen molar-refractivity contribution in [2.24, 2.45) is 0 Å². The first-order chi connectivity index (χ1) is 30.2. The van der Waals surface area contributed by atoms with Crippen LogP contribution in [-0.4, -0.2) is 10.6 Å². The predicted molar refractivity (Wildman–Crippen MR) is 261 cm³/mol. The molecular weight excluding hydrogens is 757 g/mol. The van der Waals surface area contributed by atoms with Gasteiger partial charge in [-0.25, -0.2) is 0 Å². The van der Waals surface area contributed by atoms with E-state index in [0.29, 0.717) is 0 Å². The molecule has 0 amide bonds. The van der Waals surface area contributed by atoms with Gasteiger partial charge in [0.05, 0.1) is 17.1 Å². The van der Waals surface area contributed by atoms with Crippen LogP contribution in [0.1, 0.15) is 17.5 Å². The Morgan fingerprint density at radius 1 is 0.459 bits per heavy atom. The maximum atomic E-state index is 2.57. The molecule has 9 aromatic carbocycles. The Hall–Kier alpha value is -7.46. The van der Waals surface area contributed by atoms with Gasteiger partial charge in [0.15, 0.2) is 0 Å². The van der Waals surface area contributed by atoms with Gasteiger partial charge < -0.3 is 9.47 Å². The molecule has 1 atom stereocenters. The lowest BCUT2D eigenvalue weighted by atomic mass is 9.90. The molecule has 0 radical (unpaired) electrons. The fourth-order valence-corrected chi connectivity index (χ4v) is 11.5. The summed E-state index contributed by atoms with van der Waals surface area (Å²) in [5.41, 5.74) is 16.3. The Balaban J connectivity index is 0.934. The van der Waals surface area contributed by atoms with E-state index in [1.807, 2.05) is 11.3 Å². The number of rotatable bonds is 6. The lowest BCUT2D eigenvalue weighted by Gasteiger charge is -2.34. The van der Waals surface area contributed by atoms with E-state index < -0.39 is 0 Å². The lowest BCUT2D eigenvalue weighted by molar-refractivity contribution is 0.799. The molecule has 0 fully saturated rings. The minimum absolute atomic E-state index is 0.131. The number of hydrogen-bond acceptors (Lipinski definition) is 2. The molecule has 61 heavy (non-hydrogen) atoms. The third kappa shape index (κ3) is 5.34. The minimum Gasteiger partial charge on any atom is -0.334 e. The van der Waals surface area contributed by atoms with Crippen molar-refractivity contribution in [3.05, 3.63) is 223 Å². The Bertz CT molecular complexity index is 3560. The summed E-state index contributed by atoms with van der Waals surface area (Å²) in [6.07, 6.45) is 5.75. The third-order valence-corrected chi connectivity index (χ3v) is 14.2. The Kier molecular flexibility index (Phi) is 7.64. The molecule has 0 saturated carbocycles. The molecular formula is C58H38N2S. The molecule has 2 aliphatic rings. The summed E-state index contributed by atoms with van der Waals surface area (Å²) >= 11 is 1.88. The second kappa shape index (κ2) is 13.5. The Morgan fingerprint density at radius 2 is 1.11 bits per heavy atom. The number of nitrogens with zero attached hydrogens (tertiary/aromatic N) is 2. The molecule has 0 bridgehead atoms. The monoisotopic (exact) mass is 794 g/mol. The maximum Gasteiger partial charge on any atom is 0.0566 e. The first-order valence-corrected chi connectivity index (χ1v) is 22.0. The van der Waals surface area contributed by atoms with E-state index in [1.54, 1.807) is 0 Å². The molecule has 0 N–H and O–H groups in total. The van der Waals surface area contributed by atoms with Crippen molar-refractivity contribution in [2.45, 2.75) is 12.5 Å². The highest BCUT2D eigenvalue weighted by atomic mass is 32.1. The maximum absolute atomic E-state index is 2.57. The van der Waals surface area contributed by atoms with Crippen molar-refractivity contribution in [3.63, 3.8) is 0 Å². The molecule has 0 aliphatic heterocycles. The zero-order valence-corrected chi connectivity index (χ0v) is 34.1. The van der Waals surface area contributed by atoms with Crippen LogP contribution < -0.4 is 4.90 Å². The molecule has 3 heteroatoms. The standard InChI is InChI=1S/C58H38N2S/c1-2-12-37(13-3-1)52-34-42(60-54-21-7-4-16-46(54)47-17-5-8-22-55(47)60)28-31-44(52)38-24-26-40(27-25-38)59(43-30-33-49-48-18-6-9-23-56(48)61-57(49)36-43)41-29-32-45-50-19-10-14-39-15-11-20-51(58(39)50)53(45)35-41/h1-34,36,41H,35H2. The summed E-state index contributed by atoms with van der Waals surface area (Å²) in [5.74, 6) is 0. The van der Waals surface area contributed by atoms with Gasteiger partial charge in [0.2, 0.25) is 0 Å². The van der Waals surface area contributed by atoms with Crippen LogP contribution in [0.5, 0.6) is 0 Å². The number of benzene rings is 9. The van der Waals surface area contributed by atoms with Gasteiger partial charge in [0.1, 0.15) is 0 Å². The SMILES string of the molecule is C1=CC(N(c2ccc(-c3ccc(-n4c5ccccc5c5ccccc54)cc3-c3ccccc3)cc2)c2ccc3c(c2)sc2ccccc23)CC2=C1c1cccc3cccc2c13. The number of allylic oxidation sites excluding steroid dienone is 2. The summed E-state index contributed by atoms with van der Waals surface area (Å²) in [6.45, 7) is 0. The van der Waals surface area contributed by atoms with Crippen LogP contribution in [0.3, 0.4) is 0 Å². The van der Waals surface area contributed by atoms with Crippen molar-refractivity contribution in [3.8, 4) is 27.9 Å². The number of hydrogen-bond donors (Lipinski definition) is 0. The largest absolute Gasteiger partial charge is 0.334 e. The van der Waals surface area contributed by atoms with E-state index in [4.69, 9.17) is 0 Å². The van der Waals surface area contributed by atoms with Gasteiger partial charge in [-0.15, -0.1) is 11.3 Å². The average Bonchev–Trinajstić information content (AvgIpc) is 3.98. The molecule has 11 aromatic rings. The zero-order valence-electron chi connectivity index (χ0n) is 33.3. The van der Waals surface area contributed by atoms with Gasteiger partial charge in [-0.3, -0.25) is 0 Å².